The predicted octanol–water partition coefficient (Wildman–Crippen LogP) is 5.09. The lowest BCUT2D eigenvalue weighted by molar-refractivity contribution is 0.866. The third-order valence-electron chi connectivity index (χ3n) is 1.88. The van der Waals surface area contributed by atoms with Gasteiger partial charge in [-0.05, 0) is 26.0 Å². The number of para-hydroxylation sites is 1. The van der Waals surface area contributed by atoms with Crippen molar-refractivity contribution in [3.63, 3.8) is 0 Å². The first kappa shape index (κ1) is 30.5. The van der Waals surface area contributed by atoms with Crippen LogP contribution in [0, 0.1) is 12.8 Å². The van der Waals surface area contributed by atoms with E-state index in [1.807, 2.05) is 6.07 Å². The first-order valence-corrected chi connectivity index (χ1v) is 4.51. The van der Waals surface area contributed by atoms with Crippen LogP contribution in [-0.2, 0) is 0 Å². The van der Waals surface area contributed by atoms with Crippen molar-refractivity contribution in [2.75, 3.05) is 18.0 Å². The third kappa shape index (κ3) is 12.7. The van der Waals surface area contributed by atoms with Crippen LogP contribution in [0.25, 0.3) is 0 Å². The second kappa shape index (κ2) is 21.8. The maximum absolute atomic E-state index is 4.00. The Labute approximate surface area is 147 Å². The van der Waals surface area contributed by atoms with Crippen molar-refractivity contribution >= 4 is 73.6 Å². The van der Waals surface area contributed by atoms with Crippen LogP contribution in [0.1, 0.15) is 13.8 Å². The molecule has 0 saturated heterocycles. The summed E-state index contributed by atoms with van der Waals surface area (Å²) in [6, 6.07) is 10.5. The Morgan fingerprint density at radius 3 is 1.47 bits per heavy atom. The lowest BCUT2D eigenvalue weighted by Crippen LogP contribution is -2.21. The monoisotopic (exact) mass is 495 g/mol. The molecule has 0 fully saturated rings. The van der Waals surface area contributed by atoms with E-state index in [9.17, 15) is 0 Å². The van der Waals surface area contributed by atoms with Crippen molar-refractivity contribution in [1.29, 1.82) is 0 Å². The molecule has 1 aromatic carbocycles. The Kier molecular flexibility index (Phi) is 39.0. The second-order valence-corrected chi connectivity index (χ2v) is 2.51. The highest BCUT2D eigenvalue weighted by Gasteiger charge is 1.97. The number of benzene rings is 1. The van der Waals surface area contributed by atoms with E-state index in [2.05, 4.69) is 55.9 Å². The zero-order chi connectivity index (χ0) is 10.1. The maximum atomic E-state index is 4.00. The minimum Gasteiger partial charge on any atom is -0.372 e. The van der Waals surface area contributed by atoms with E-state index in [-0.39, 0.29) is 67.9 Å². The van der Waals surface area contributed by atoms with Gasteiger partial charge < -0.3 is 4.90 Å². The summed E-state index contributed by atoms with van der Waals surface area (Å²) >= 11 is 0. The molecule has 0 N–H and O–H groups in total. The zero-order valence-electron chi connectivity index (χ0n) is 10.0. The van der Waals surface area contributed by atoms with Gasteiger partial charge in [0.05, 0.1) is 0 Å². The van der Waals surface area contributed by atoms with Gasteiger partial charge in [-0.1, -0.05) is 18.2 Å². The van der Waals surface area contributed by atoms with Crippen molar-refractivity contribution < 1.29 is 0 Å². The largest absolute Gasteiger partial charge is 0.372 e. The predicted molar refractivity (Wildman–Crippen MR) is 101 cm³/mol. The molecule has 17 heavy (non-hydrogen) atoms. The van der Waals surface area contributed by atoms with Gasteiger partial charge >= 0.3 is 0 Å². The molecule has 0 aliphatic rings. The van der Waals surface area contributed by atoms with Gasteiger partial charge in [0.2, 0.25) is 0 Å². The number of hydrogen-bond donors (Lipinski definition) is 0. The first-order valence-electron chi connectivity index (χ1n) is 4.51. The summed E-state index contributed by atoms with van der Waals surface area (Å²) in [4.78, 5) is 2.33. The molecule has 0 saturated carbocycles. The van der Waals surface area contributed by atoms with E-state index in [1.54, 1.807) is 0 Å². The Morgan fingerprint density at radius 2 is 1.18 bits per heavy atom. The van der Waals surface area contributed by atoms with Crippen LogP contribution >= 0.6 is 67.9 Å². The molecule has 5 heteroatoms. The Hall–Kier alpha value is 0.500. The summed E-state index contributed by atoms with van der Waals surface area (Å²) < 4.78 is 0. The third-order valence-corrected chi connectivity index (χ3v) is 1.88. The van der Waals surface area contributed by atoms with Gasteiger partial charge in [0.25, 0.3) is 0 Å². The van der Waals surface area contributed by atoms with E-state index in [0.29, 0.717) is 0 Å². The molecule has 1 aromatic rings. The number of nitrogens with zero attached hydrogens (tertiary/aromatic N) is 1. The van der Waals surface area contributed by atoms with E-state index in [4.69, 9.17) is 0 Å². The maximum Gasteiger partial charge on any atom is 0.0365 e. The van der Waals surface area contributed by atoms with E-state index >= 15 is 0 Å². The lowest BCUT2D eigenvalue weighted by Gasteiger charge is -2.20. The minimum absolute atomic E-state index is 0. The van der Waals surface area contributed by atoms with Gasteiger partial charge in [0.15, 0.2) is 0 Å². The molecular formula is C12H21Br4N. The van der Waals surface area contributed by atoms with Gasteiger partial charge in [-0.15, -0.1) is 80.8 Å². The van der Waals surface area contributed by atoms with Crippen LogP contribution in [0.2, 0.25) is 0 Å². The molecule has 1 rings (SSSR count). The molecule has 0 heterocycles. The SMILES string of the molecule is Br.Br.Br.Br.C#C.CCN(CC)c1ccccc1. The Bertz CT molecular complexity index is 235. The Morgan fingerprint density at radius 1 is 0.824 bits per heavy atom. The van der Waals surface area contributed by atoms with Crippen molar-refractivity contribution in [3.05, 3.63) is 30.3 Å². The quantitative estimate of drug-likeness (QED) is 0.525. The molecule has 0 atom stereocenters. The molecule has 0 unspecified atom stereocenters. The fourth-order valence-corrected chi connectivity index (χ4v) is 1.23. The van der Waals surface area contributed by atoms with Crippen LogP contribution in [-0.4, -0.2) is 13.1 Å². The zero-order valence-corrected chi connectivity index (χ0v) is 16.9. The average Bonchev–Trinajstić information content (AvgIpc) is 2.24. The Balaban J connectivity index is -0.0000000760. The minimum atomic E-state index is 0. The van der Waals surface area contributed by atoms with E-state index in [0.717, 1.165) is 13.1 Å². The fourth-order valence-electron chi connectivity index (χ4n) is 1.23. The summed E-state index contributed by atoms with van der Waals surface area (Å²) in [5.41, 5.74) is 1.32. The summed E-state index contributed by atoms with van der Waals surface area (Å²) in [6.45, 7) is 6.52. The van der Waals surface area contributed by atoms with E-state index in [1.165, 1.54) is 5.69 Å². The average molecular weight is 499 g/mol. The summed E-state index contributed by atoms with van der Waals surface area (Å²) in [7, 11) is 0. The van der Waals surface area contributed by atoms with Crippen LogP contribution in [0.3, 0.4) is 0 Å². The van der Waals surface area contributed by atoms with Gasteiger partial charge in [0, 0.05) is 18.8 Å². The first-order chi connectivity index (χ1) is 6.38. The van der Waals surface area contributed by atoms with Crippen LogP contribution in [0.15, 0.2) is 30.3 Å². The van der Waals surface area contributed by atoms with Gasteiger partial charge in [-0.25, -0.2) is 0 Å². The second-order valence-electron chi connectivity index (χ2n) is 2.51. The number of rotatable bonds is 3. The number of hydrogen-bond acceptors (Lipinski definition) is 1. The number of anilines is 1. The molecule has 0 radical (unpaired) electrons. The number of terminal acetylenes is 1. The highest BCUT2D eigenvalue weighted by molar-refractivity contribution is 8.93. The highest BCUT2D eigenvalue weighted by atomic mass is 79.9. The molecule has 102 valence electrons. The summed E-state index contributed by atoms with van der Waals surface area (Å²) in [5.74, 6) is 0. The fraction of sp³-hybridized carbons (Fsp3) is 0.333. The van der Waals surface area contributed by atoms with Gasteiger partial charge in [0.1, 0.15) is 0 Å². The van der Waals surface area contributed by atoms with Crippen molar-refractivity contribution in [1.82, 2.24) is 0 Å². The van der Waals surface area contributed by atoms with Crippen LogP contribution < -0.4 is 4.90 Å². The van der Waals surface area contributed by atoms with Crippen LogP contribution in [0.5, 0.6) is 0 Å². The van der Waals surface area contributed by atoms with Crippen molar-refractivity contribution in [2.24, 2.45) is 0 Å². The molecule has 0 aromatic heterocycles. The molecule has 0 spiro atoms. The number of halogens is 4. The molecular weight excluding hydrogens is 478 g/mol. The van der Waals surface area contributed by atoms with Gasteiger partial charge in [-0.2, -0.15) is 0 Å². The molecule has 0 bridgehead atoms. The molecule has 0 aliphatic heterocycles. The molecule has 0 aliphatic carbocycles. The van der Waals surface area contributed by atoms with Crippen molar-refractivity contribution in [2.45, 2.75) is 13.8 Å². The normalized spacial score (nSPS) is 6.35. The topological polar surface area (TPSA) is 3.24 Å². The summed E-state index contributed by atoms with van der Waals surface area (Å²) in [5, 5.41) is 0. The molecule has 0 amide bonds. The lowest BCUT2D eigenvalue weighted by atomic mass is 10.3. The van der Waals surface area contributed by atoms with Crippen molar-refractivity contribution in [3.8, 4) is 12.8 Å². The highest BCUT2D eigenvalue weighted by Crippen LogP contribution is 2.11. The smallest absolute Gasteiger partial charge is 0.0365 e. The molecule has 1 nitrogen and oxygen atoms in total. The standard InChI is InChI=1S/C10H15N.C2H2.4BrH/c1-3-11(4-2)10-8-6-5-7-9-10;1-2;;;;/h5-9H,3-4H2,1-2H3;1-2H;4*1H. The van der Waals surface area contributed by atoms with Gasteiger partial charge in [-0.3, -0.25) is 0 Å². The van der Waals surface area contributed by atoms with E-state index < -0.39 is 0 Å². The summed E-state index contributed by atoms with van der Waals surface area (Å²) in [6.07, 6.45) is 8.00. The van der Waals surface area contributed by atoms with Crippen LogP contribution in [0.4, 0.5) is 5.69 Å².